The molecule has 98 valence electrons. The number of hydrogen-bond donors (Lipinski definition) is 2. The molecule has 0 aliphatic heterocycles. The summed E-state index contributed by atoms with van der Waals surface area (Å²) < 4.78 is 0. The lowest BCUT2D eigenvalue weighted by Gasteiger charge is -2.09. The van der Waals surface area contributed by atoms with Crippen LogP contribution in [0.5, 0.6) is 0 Å². The summed E-state index contributed by atoms with van der Waals surface area (Å²) in [4.78, 5) is 0. The first kappa shape index (κ1) is 18.4. The molecule has 0 spiro atoms. The number of nitrogens with two attached hydrogens (primary N) is 1. The molecule has 0 amide bonds. The summed E-state index contributed by atoms with van der Waals surface area (Å²) in [6, 6.07) is 8.59. The third-order valence-electron chi connectivity index (χ3n) is 2.56. The highest BCUT2D eigenvalue weighted by Gasteiger charge is 2.02. The van der Waals surface area contributed by atoms with E-state index in [1.54, 1.807) is 0 Å². The Labute approximate surface area is 111 Å². The van der Waals surface area contributed by atoms with Gasteiger partial charge in [0.05, 0.1) is 0 Å². The van der Waals surface area contributed by atoms with E-state index in [0.717, 1.165) is 5.75 Å². The minimum Gasteiger partial charge on any atom is -0.379 e. The maximum atomic E-state index is 7.12. The van der Waals surface area contributed by atoms with Gasteiger partial charge in [0.1, 0.15) is 0 Å². The predicted octanol–water partition coefficient (Wildman–Crippen LogP) is 4.60. The summed E-state index contributed by atoms with van der Waals surface area (Å²) in [5.41, 5.74) is 7.89. The molecule has 0 aromatic heterocycles. The van der Waals surface area contributed by atoms with Gasteiger partial charge in [-0.15, -0.1) is 0 Å². The molecule has 1 rings (SSSR count). The van der Waals surface area contributed by atoms with Gasteiger partial charge in [-0.3, -0.25) is 5.41 Å². The summed E-state index contributed by atoms with van der Waals surface area (Å²) in [6.45, 7) is 4.43. The van der Waals surface area contributed by atoms with Gasteiger partial charge >= 0.3 is 0 Å². The summed E-state index contributed by atoms with van der Waals surface area (Å²) >= 11 is 1.37. The fourth-order valence-corrected chi connectivity index (χ4v) is 1.85. The maximum absolute atomic E-state index is 7.12. The topological polar surface area (TPSA) is 49.9 Å². The quantitative estimate of drug-likeness (QED) is 0.609. The molecular formula is C14H26N2S. The fraction of sp³-hybridized carbons (Fsp3) is 0.500. The lowest BCUT2D eigenvalue weighted by atomic mass is 9.98. The summed E-state index contributed by atoms with van der Waals surface area (Å²) in [5.74, 6) is 1.41. The van der Waals surface area contributed by atoms with Crippen molar-refractivity contribution in [2.75, 3.05) is 0 Å². The number of benzene rings is 1. The second-order valence-corrected chi connectivity index (χ2v) is 4.72. The van der Waals surface area contributed by atoms with Crippen LogP contribution in [0.4, 0.5) is 0 Å². The molecule has 0 heterocycles. The van der Waals surface area contributed by atoms with Gasteiger partial charge in [0, 0.05) is 5.75 Å². The lowest BCUT2D eigenvalue weighted by molar-refractivity contribution is 0.733. The number of thioether (sulfide) groups is 1. The van der Waals surface area contributed by atoms with Crippen LogP contribution in [0.1, 0.15) is 52.2 Å². The van der Waals surface area contributed by atoms with Crippen LogP contribution in [0.2, 0.25) is 0 Å². The zero-order valence-corrected chi connectivity index (χ0v) is 10.1. The molecule has 2 nitrogen and oxygen atoms in total. The molecule has 1 unspecified atom stereocenters. The second kappa shape index (κ2) is 9.11. The van der Waals surface area contributed by atoms with Crippen molar-refractivity contribution in [3.05, 3.63) is 35.4 Å². The molecule has 0 saturated carbocycles. The first-order valence-electron chi connectivity index (χ1n) is 5.19. The summed E-state index contributed by atoms with van der Waals surface area (Å²) in [6.07, 6.45) is 1.17. The van der Waals surface area contributed by atoms with Gasteiger partial charge in [0.15, 0.2) is 5.17 Å². The van der Waals surface area contributed by atoms with Gasteiger partial charge in [0.25, 0.3) is 0 Å². The Morgan fingerprint density at radius 2 is 1.82 bits per heavy atom. The van der Waals surface area contributed by atoms with Crippen LogP contribution in [0.25, 0.3) is 0 Å². The van der Waals surface area contributed by atoms with E-state index >= 15 is 0 Å². The first-order chi connectivity index (χ1) is 7.13. The lowest BCUT2D eigenvalue weighted by Crippen LogP contribution is -2.03. The van der Waals surface area contributed by atoms with Crippen LogP contribution in [-0.2, 0) is 5.75 Å². The first-order valence-corrected chi connectivity index (χ1v) is 6.17. The van der Waals surface area contributed by atoms with Gasteiger partial charge in [-0.2, -0.15) is 0 Å². The third kappa shape index (κ3) is 6.37. The zero-order chi connectivity index (χ0) is 11.3. The number of amidine groups is 1. The van der Waals surface area contributed by atoms with Crippen LogP contribution >= 0.6 is 11.8 Å². The van der Waals surface area contributed by atoms with E-state index in [0.29, 0.717) is 5.92 Å². The molecule has 0 aliphatic carbocycles. The van der Waals surface area contributed by atoms with Crippen molar-refractivity contribution >= 4 is 16.9 Å². The van der Waals surface area contributed by atoms with Gasteiger partial charge in [-0.05, 0) is 23.5 Å². The highest BCUT2D eigenvalue weighted by atomic mass is 32.2. The second-order valence-electron chi connectivity index (χ2n) is 3.70. The Morgan fingerprint density at radius 3 is 2.24 bits per heavy atom. The van der Waals surface area contributed by atoms with Crippen LogP contribution in [0, 0.1) is 5.41 Å². The minimum atomic E-state index is 0. The number of nitrogens with one attached hydrogen (secondary N) is 1. The van der Waals surface area contributed by atoms with Crippen molar-refractivity contribution in [1.29, 1.82) is 5.41 Å². The molecule has 1 aromatic rings. The van der Waals surface area contributed by atoms with Crippen LogP contribution in [0.15, 0.2) is 24.3 Å². The maximum Gasteiger partial charge on any atom is 0.151 e. The fourth-order valence-electron chi connectivity index (χ4n) is 1.34. The highest BCUT2D eigenvalue weighted by Crippen LogP contribution is 2.20. The normalized spacial score (nSPS) is 10.9. The Balaban J connectivity index is 0. The van der Waals surface area contributed by atoms with Crippen molar-refractivity contribution in [2.45, 2.75) is 46.8 Å². The average molecular weight is 254 g/mol. The molecule has 3 N–H and O–H groups in total. The molecule has 3 heteroatoms. The molecule has 0 bridgehead atoms. The van der Waals surface area contributed by atoms with E-state index in [-0.39, 0.29) is 20.0 Å². The van der Waals surface area contributed by atoms with E-state index in [9.17, 15) is 0 Å². The smallest absolute Gasteiger partial charge is 0.151 e. The molecular weight excluding hydrogens is 228 g/mol. The van der Waals surface area contributed by atoms with E-state index in [1.807, 2.05) is 0 Å². The van der Waals surface area contributed by atoms with Gasteiger partial charge in [-0.25, -0.2) is 0 Å². The number of hydrogen-bond acceptors (Lipinski definition) is 2. The van der Waals surface area contributed by atoms with Crippen molar-refractivity contribution in [1.82, 2.24) is 0 Å². The SMILES string of the molecule is C.C.CCC(C)c1ccc(CSC(=N)N)cc1. The van der Waals surface area contributed by atoms with Crippen molar-refractivity contribution in [3.63, 3.8) is 0 Å². The average Bonchev–Trinajstić information content (AvgIpc) is 2.26. The Morgan fingerprint density at radius 1 is 1.29 bits per heavy atom. The zero-order valence-electron chi connectivity index (χ0n) is 9.29. The van der Waals surface area contributed by atoms with Crippen LogP contribution in [0.3, 0.4) is 0 Å². The van der Waals surface area contributed by atoms with Gasteiger partial charge in [-0.1, -0.05) is 64.7 Å². The van der Waals surface area contributed by atoms with E-state index in [4.69, 9.17) is 11.1 Å². The van der Waals surface area contributed by atoms with E-state index in [2.05, 4.69) is 38.1 Å². The van der Waals surface area contributed by atoms with E-state index in [1.165, 1.54) is 29.3 Å². The van der Waals surface area contributed by atoms with Crippen LogP contribution in [-0.4, -0.2) is 5.17 Å². The highest BCUT2D eigenvalue weighted by molar-refractivity contribution is 8.13. The Kier molecular flexibility index (Phi) is 9.86. The molecule has 1 atom stereocenters. The molecule has 0 fully saturated rings. The Hall–Kier alpha value is -0.960. The molecule has 0 saturated heterocycles. The predicted molar refractivity (Wildman–Crippen MR) is 81.8 cm³/mol. The monoisotopic (exact) mass is 254 g/mol. The van der Waals surface area contributed by atoms with Crippen molar-refractivity contribution < 1.29 is 0 Å². The molecule has 0 aliphatic rings. The molecule has 0 radical (unpaired) electrons. The van der Waals surface area contributed by atoms with Crippen LogP contribution < -0.4 is 5.73 Å². The number of rotatable bonds is 4. The molecule has 17 heavy (non-hydrogen) atoms. The third-order valence-corrected chi connectivity index (χ3v) is 3.34. The van der Waals surface area contributed by atoms with E-state index < -0.39 is 0 Å². The minimum absolute atomic E-state index is 0. The summed E-state index contributed by atoms with van der Waals surface area (Å²) in [7, 11) is 0. The molecule has 1 aromatic carbocycles. The summed E-state index contributed by atoms with van der Waals surface area (Å²) in [5, 5.41) is 7.31. The van der Waals surface area contributed by atoms with Gasteiger partial charge < -0.3 is 5.73 Å². The van der Waals surface area contributed by atoms with Gasteiger partial charge in [0.2, 0.25) is 0 Å². The standard InChI is InChI=1S/C12H18N2S.2CH4/c1-3-9(2)11-6-4-10(5-7-11)8-15-12(13)14;;/h4-7,9H,3,8H2,1-2H3,(H3,13,14);2*1H4. The Bertz CT molecular complexity index is 319. The van der Waals surface area contributed by atoms with Crippen molar-refractivity contribution in [3.8, 4) is 0 Å². The van der Waals surface area contributed by atoms with Crippen molar-refractivity contribution in [2.24, 2.45) is 5.73 Å². The largest absolute Gasteiger partial charge is 0.379 e.